The van der Waals surface area contributed by atoms with Crippen molar-refractivity contribution in [2.45, 2.75) is 42.8 Å². The highest BCUT2D eigenvalue weighted by Gasteiger charge is 2.17. The van der Waals surface area contributed by atoms with E-state index in [1.54, 1.807) is 0 Å². The zero-order chi connectivity index (χ0) is 14.5. The van der Waals surface area contributed by atoms with Crippen LogP contribution in [0.1, 0.15) is 30.9 Å². The third-order valence-corrected chi connectivity index (χ3v) is 5.02. The van der Waals surface area contributed by atoms with Gasteiger partial charge in [-0.15, -0.1) is 11.8 Å². The monoisotopic (exact) mass is 298 g/mol. The Morgan fingerprint density at radius 2 is 1.76 bits per heavy atom. The lowest BCUT2D eigenvalue weighted by molar-refractivity contribution is 0.309. The minimum atomic E-state index is 0.660. The first kappa shape index (κ1) is 14.5. The quantitative estimate of drug-likeness (QED) is 0.684. The predicted octanol–water partition coefficient (Wildman–Crippen LogP) is 5.13. The fourth-order valence-electron chi connectivity index (χ4n) is 2.71. The van der Waals surface area contributed by atoms with E-state index < -0.39 is 0 Å². The SMILES string of the molecule is CCCCOc1ccc(SC2Cc3cccc(c3)C2)cc1. The standard InChI is InChI=1S/C19H22OS/c1-2-3-11-20-17-7-9-18(10-8-17)21-19-13-15-5-4-6-16(12-15)14-19/h4-10,12,19H,2-3,11,13-14H2,1H3. The minimum absolute atomic E-state index is 0.660. The van der Waals surface area contributed by atoms with Crippen LogP contribution in [0.2, 0.25) is 0 Å². The average molecular weight is 298 g/mol. The number of hydrogen-bond acceptors (Lipinski definition) is 2. The van der Waals surface area contributed by atoms with E-state index in [2.05, 4.69) is 55.5 Å². The van der Waals surface area contributed by atoms with Crippen molar-refractivity contribution in [3.05, 3.63) is 59.7 Å². The fraction of sp³-hybridized carbons (Fsp3) is 0.368. The van der Waals surface area contributed by atoms with Crippen LogP contribution in [0.5, 0.6) is 5.75 Å². The van der Waals surface area contributed by atoms with Gasteiger partial charge >= 0.3 is 0 Å². The van der Waals surface area contributed by atoms with Gasteiger partial charge in [-0.3, -0.25) is 0 Å². The number of thioether (sulfide) groups is 1. The molecule has 0 unspecified atom stereocenters. The summed E-state index contributed by atoms with van der Waals surface area (Å²) in [5.74, 6) is 0.988. The highest BCUT2D eigenvalue weighted by molar-refractivity contribution is 8.00. The van der Waals surface area contributed by atoms with Crippen LogP contribution >= 0.6 is 11.8 Å². The summed E-state index contributed by atoms with van der Waals surface area (Å²) >= 11 is 1.99. The number of ether oxygens (including phenoxy) is 1. The summed E-state index contributed by atoms with van der Waals surface area (Å²) in [6.07, 6.45) is 4.65. The highest BCUT2D eigenvalue weighted by Crippen LogP contribution is 2.32. The molecule has 0 saturated carbocycles. The van der Waals surface area contributed by atoms with Gasteiger partial charge in [-0.05, 0) is 54.7 Å². The summed E-state index contributed by atoms with van der Waals surface area (Å²) in [6.45, 7) is 3.00. The first-order chi connectivity index (χ1) is 10.3. The molecule has 3 rings (SSSR count). The van der Waals surface area contributed by atoms with Gasteiger partial charge in [-0.25, -0.2) is 0 Å². The van der Waals surface area contributed by atoms with Crippen LogP contribution in [0.4, 0.5) is 0 Å². The van der Waals surface area contributed by atoms with Gasteiger partial charge in [0.2, 0.25) is 0 Å². The van der Waals surface area contributed by atoms with Crippen LogP contribution in [0.15, 0.2) is 53.4 Å². The molecule has 0 fully saturated rings. The van der Waals surface area contributed by atoms with E-state index in [-0.39, 0.29) is 0 Å². The zero-order valence-electron chi connectivity index (χ0n) is 12.5. The molecule has 0 saturated heterocycles. The van der Waals surface area contributed by atoms with Gasteiger partial charge in [0.25, 0.3) is 0 Å². The summed E-state index contributed by atoms with van der Waals surface area (Å²) < 4.78 is 5.72. The van der Waals surface area contributed by atoms with Crippen LogP contribution in [-0.2, 0) is 12.8 Å². The van der Waals surface area contributed by atoms with E-state index in [0.29, 0.717) is 5.25 Å². The maximum Gasteiger partial charge on any atom is 0.119 e. The Labute approximate surface area is 131 Å². The summed E-state index contributed by atoms with van der Waals surface area (Å²) in [6, 6.07) is 17.6. The van der Waals surface area contributed by atoms with Crippen molar-refractivity contribution in [1.29, 1.82) is 0 Å². The molecule has 0 radical (unpaired) electrons. The van der Waals surface area contributed by atoms with Crippen molar-refractivity contribution >= 4 is 11.8 Å². The summed E-state index contributed by atoms with van der Waals surface area (Å²) in [5.41, 5.74) is 2.94. The first-order valence-corrected chi connectivity index (χ1v) is 8.69. The van der Waals surface area contributed by atoms with Gasteiger partial charge < -0.3 is 4.74 Å². The van der Waals surface area contributed by atoms with Crippen molar-refractivity contribution < 1.29 is 4.74 Å². The highest BCUT2D eigenvalue weighted by atomic mass is 32.2. The van der Waals surface area contributed by atoms with Crippen molar-refractivity contribution in [2.75, 3.05) is 6.61 Å². The molecule has 2 aromatic rings. The smallest absolute Gasteiger partial charge is 0.119 e. The molecule has 2 bridgehead atoms. The molecule has 2 aromatic carbocycles. The largest absolute Gasteiger partial charge is 0.494 e. The molecule has 0 aliphatic heterocycles. The van der Waals surface area contributed by atoms with E-state index in [4.69, 9.17) is 4.74 Å². The lowest BCUT2D eigenvalue weighted by Gasteiger charge is -2.22. The Bertz CT molecular complexity index is 555. The van der Waals surface area contributed by atoms with Crippen molar-refractivity contribution in [1.82, 2.24) is 0 Å². The Hall–Kier alpha value is -1.41. The van der Waals surface area contributed by atoms with E-state index in [1.165, 1.54) is 35.3 Å². The molecule has 0 heterocycles. The molecular weight excluding hydrogens is 276 g/mol. The molecule has 1 aliphatic carbocycles. The van der Waals surface area contributed by atoms with Crippen molar-refractivity contribution in [2.24, 2.45) is 0 Å². The molecule has 0 atom stereocenters. The number of unbranched alkanes of at least 4 members (excludes halogenated alkanes) is 1. The molecular formula is C19H22OS. The topological polar surface area (TPSA) is 9.23 Å². The molecule has 1 aliphatic rings. The average Bonchev–Trinajstić information content (AvgIpc) is 2.49. The zero-order valence-corrected chi connectivity index (χ0v) is 13.4. The summed E-state index contributed by atoms with van der Waals surface area (Å²) in [7, 11) is 0. The number of fused-ring (bicyclic) bond motifs is 2. The van der Waals surface area contributed by atoms with Gasteiger partial charge in [0.05, 0.1) is 6.61 Å². The van der Waals surface area contributed by atoms with Crippen molar-refractivity contribution in [3.63, 3.8) is 0 Å². The maximum absolute atomic E-state index is 5.72. The number of hydrogen-bond donors (Lipinski definition) is 0. The number of rotatable bonds is 6. The van der Waals surface area contributed by atoms with Gasteiger partial charge in [0, 0.05) is 10.1 Å². The molecule has 110 valence electrons. The number of benzene rings is 2. The molecule has 0 N–H and O–H groups in total. The molecule has 0 aromatic heterocycles. The Kier molecular flexibility index (Phi) is 4.87. The van der Waals surface area contributed by atoms with Crippen LogP contribution in [0.3, 0.4) is 0 Å². The molecule has 2 heteroatoms. The van der Waals surface area contributed by atoms with Gasteiger partial charge in [-0.1, -0.05) is 37.6 Å². The van der Waals surface area contributed by atoms with E-state index in [0.717, 1.165) is 18.8 Å². The minimum Gasteiger partial charge on any atom is -0.494 e. The fourth-order valence-corrected chi connectivity index (χ4v) is 3.94. The lowest BCUT2D eigenvalue weighted by atomic mass is 9.95. The summed E-state index contributed by atoms with van der Waals surface area (Å²) in [4.78, 5) is 1.34. The maximum atomic E-state index is 5.72. The summed E-state index contributed by atoms with van der Waals surface area (Å²) in [5, 5.41) is 0.660. The van der Waals surface area contributed by atoms with Crippen LogP contribution < -0.4 is 4.74 Å². The van der Waals surface area contributed by atoms with E-state index in [1.807, 2.05) is 11.8 Å². The van der Waals surface area contributed by atoms with Gasteiger partial charge in [0.1, 0.15) is 5.75 Å². The molecule has 0 spiro atoms. The normalized spacial score (nSPS) is 14.1. The second kappa shape index (κ2) is 7.04. The third-order valence-electron chi connectivity index (χ3n) is 3.81. The second-order valence-corrected chi connectivity index (χ2v) is 7.02. The lowest BCUT2D eigenvalue weighted by Crippen LogP contribution is -2.15. The molecule has 0 amide bonds. The Morgan fingerprint density at radius 3 is 2.43 bits per heavy atom. The second-order valence-electron chi connectivity index (χ2n) is 5.64. The van der Waals surface area contributed by atoms with E-state index in [9.17, 15) is 0 Å². The Morgan fingerprint density at radius 1 is 1.05 bits per heavy atom. The van der Waals surface area contributed by atoms with Crippen molar-refractivity contribution in [3.8, 4) is 5.75 Å². The van der Waals surface area contributed by atoms with Crippen LogP contribution in [-0.4, -0.2) is 11.9 Å². The van der Waals surface area contributed by atoms with Gasteiger partial charge in [0.15, 0.2) is 0 Å². The predicted molar refractivity (Wildman–Crippen MR) is 90.3 cm³/mol. The first-order valence-electron chi connectivity index (χ1n) is 7.81. The van der Waals surface area contributed by atoms with Crippen LogP contribution in [0.25, 0.3) is 0 Å². The molecule has 1 nitrogen and oxygen atoms in total. The van der Waals surface area contributed by atoms with Crippen LogP contribution in [0, 0.1) is 0 Å². The van der Waals surface area contributed by atoms with E-state index >= 15 is 0 Å². The molecule has 21 heavy (non-hydrogen) atoms. The van der Waals surface area contributed by atoms with Gasteiger partial charge in [-0.2, -0.15) is 0 Å². The third kappa shape index (κ3) is 4.04. The Balaban J connectivity index is 1.56.